The molecule has 280 valence electrons. The number of hydrogen-bond donors (Lipinski definition) is 2. The number of carbonyl (C=O) groups excluding carboxylic acids is 3. The van der Waals surface area contributed by atoms with Crippen LogP contribution in [-0.2, 0) is 39.8 Å². The van der Waals surface area contributed by atoms with E-state index in [1.54, 1.807) is 46.2 Å². The Kier molecular flexibility index (Phi) is 12.9. The summed E-state index contributed by atoms with van der Waals surface area (Å²) >= 11 is 0. The molecule has 0 bridgehead atoms. The third kappa shape index (κ3) is 8.24. The summed E-state index contributed by atoms with van der Waals surface area (Å²) in [5.41, 5.74) is 1.72. The maximum Gasteiger partial charge on any atom is 0.425 e. The molecule has 0 aromatic carbocycles. The van der Waals surface area contributed by atoms with E-state index < -0.39 is 71.7 Å². The van der Waals surface area contributed by atoms with Crippen molar-refractivity contribution in [3.63, 3.8) is 0 Å². The van der Waals surface area contributed by atoms with Gasteiger partial charge in [-0.05, 0) is 73.2 Å². The number of aromatic nitrogens is 1. The Bertz CT molecular complexity index is 1380. The van der Waals surface area contributed by atoms with Gasteiger partial charge >= 0.3 is 12.1 Å². The van der Waals surface area contributed by atoms with Crippen molar-refractivity contribution in [2.24, 2.45) is 17.8 Å². The van der Waals surface area contributed by atoms with Gasteiger partial charge in [-0.1, -0.05) is 39.8 Å². The van der Waals surface area contributed by atoms with Crippen molar-refractivity contribution in [2.45, 2.75) is 135 Å². The second-order valence-corrected chi connectivity index (χ2v) is 15.0. The summed E-state index contributed by atoms with van der Waals surface area (Å²) < 4.78 is 31.2. The van der Waals surface area contributed by atoms with Crippen LogP contribution in [0.4, 0.5) is 4.79 Å². The second-order valence-electron chi connectivity index (χ2n) is 15.0. The minimum absolute atomic E-state index is 0.126. The minimum Gasteiger partial charge on any atom is -0.455 e. The van der Waals surface area contributed by atoms with Crippen LogP contribution in [0.1, 0.15) is 80.3 Å². The molecule has 1 aromatic heterocycles. The SMILES string of the molecule is CC[C@H]1OC(=O)/C(C)=C/[C@H](C)[C@@H](O[C@@H]2O[C@H](C)C[C@H](N(C)C)[C@H]2O)[C@@](C)(OC)C[C@@H](C)C(=O)[C@H](C)[C@H]2N(NCc3ccccn3)C(=O)O[C@]12C. The zero-order chi connectivity index (χ0) is 37.1. The van der Waals surface area contributed by atoms with E-state index in [4.69, 9.17) is 23.7 Å². The Morgan fingerprint density at radius 2 is 1.84 bits per heavy atom. The van der Waals surface area contributed by atoms with Gasteiger partial charge in [-0.2, -0.15) is 0 Å². The predicted molar refractivity (Wildman–Crippen MR) is 185 cm³/mol. The average Bonchev–Trinajstić information content (AvgIpc) is 3.34. The molecule has 4 heterocycles. The van der Waals surface area contributed by atoms with Crippen molar-refractivity contribution in [2.75, 3.05) is 21.2 Å². The Labute approximate surface area is 297 Å². The van der Waals surface area contributed by atoms with Crippen LogP contribution in [0.25, 0.3) is 0 Å². The number of amides is 1. The van der Waals surface area contributed by atoms with Crippen molar-refractivity contribution in [1.82, 2.24) is 20.3 Å². The lowest BCUT2D eigenvalue weighted by Gasteiger charge is -2.46. The second kappa shape index (κ2) is 16.2. The van der Waals surface area contributed by atoms with Crippen LogP contribution in [0.15, 0.2) is 36.0 Å². The van der Waals surface area contributed by atoms with Gasteiger partial charge in [0.2, 0.25) is 0 Å². The van der Waals surface area contributed by atoms with E-state index >= 15 is 0 Å². The van der Waals surface area contributed by atoms with E-state index in [9.17, 15) is 19.5 Å². The Morgan fingerprint density at radius 1 is 1.14 bits per heavy atom. The van der Waals surface area contributed by atoms with E-state index in [0.29, 0.717) is 24.1 Å². The number of ketones is 1. The molecule has 0 saturated carbocycles. The van der Waals surface area contributed by atoms with Gasteiger partial charge in [0.25, 0.3) is 0 Å². The smallest absolute Gasteiger partial charge is 0.425 e. The molecular formula is C37H58N4O9. The molecule has 2 fully saturated rings. The topological polar surface area (TPSA) is 149 Å². The summed E-state index contributed by atoms with van der Waals surface area (Å²) in [5.74, 6) is -2.48. The number of rotatable bonds is 8. The van der Waals surface area contributed by atoms with Gasteiger partial charge in [-0.25, -0.2) is 20.0 Å². The van der Waals surface area contributed by atoms with Gasteiger partial charge in [0.15, 0.2) is 11.9 Å². The van der Waals surface area contributed by atoms with Crippen molar-refractivity contribution < 1.29 is 43.2 Å². The number of Topliss-reactive ketones (excluding diaryl/α,β-unsaturated/α-hetero) is 1. The number of cyclic esters (lactones) is 1. The predicted octanol–water partition coefficient (Wildman–Crippen LogP) is 4.03. The first-order valence-electron chi connectivity index (χ1n) is 17.8. The van der Waals surface area contributed by atoms with Gasteiger partial charge in [-0.3, -0.25) is 9.78 Å². The number of aliphatic hydroxyl groups is 1. The summed E-state index contributed by atoms with van der Waals surface area (Å²) in [6, 6.07) is 4.43. The Balaban J connectivity index is 1.76. The highest BCUT2D eigenvalue weighted by atomic mass is 16.7. The first-order chi connectivity index (χ1) is 23.5. The van der Waals surface area contributed by atoms with Crippen LogP contribution in [0, 0.1) is 17.8 Å². The number of carbonyl (C=O) groups is 3. The van der Waals surface area contributed by atoms with Crippen LogP contribution in [-0.4, -0.2) is 113 Å². The highest BCUT2D eigenvalue weighted by Crippen LogP contribution is 2.42. The number of aliphatic hydroxyl groups excluding tert-OH is 1. The average molecular weight is 703 g/mol. The number of esters is 1. The highest BCUT2D eigenvalue weighted by molar-refractivity contribution is 5.88. The Hall–Kier alpha value is -2.94. The molecule has 1 aromatic rings. The lowest BCUT2D eigenvalue weighted by molar-refractivity contribution is -0.294. The van der Waals surface area contributed by atoms with Crippen LogP contribution < -0.4 is 5.43 Å². The fourth-order valence-electron chi connectivity index (χ4n) is 8.10. The first-order valence-corrected chi connectivity index (χ1v) is 17.8. The lowest BCUT2D eigenvalue weighted by atomic mass is 9.74. The molecular weight excluding hydrogens is 644 g/mol. The normalized spacial score (nSPS) is 40.1. The molecule has 0 radical (unpaired) electrons. The molecule has 13 nitrogen and oxygen atoms in total. The molecule has 4 rings (SSSR count). The van der Waals surface area contributed by atoms with Gasteiger partial charge in [0.1, 0.15) is 24.0 Å². The number of nitrogens with one attached hydrogen (secondary N) is 1. The summed E-state index contributed by atoms with van der Waals surface area (Å²) in [6.07, 6.45) is 0.205. The summed E-state index contributed by atoms with van der Waals surface area (Å²) in [6.45, 7) is 14.8. The molecule has 2 saturated heterocycles. The van der Waals surface area contributed by atoms with E-state index in [1.807, 2.05) is 65.7 Å². The van der Waals surface area contributed by atoms with Gasteiger partial charge in [0.05, 0.1) is 30.0 Å². The molecule has 2 N–H and O–H groups in total. The molecule has 0 aliphatic carbocycles. The number of pyridine rings is 1. The zero-order valence-electron chi connectivity index (χ0n) is 31.5. The van der Waals surface area contributed by atoms with Gasteiger partial charge in [-0.15, -0.1) is 0 Å². The number of fused-ring (bicyclic) bond motifs is 1. The van der Waals surface area contributed by atoms with E-state index in [1.165, 1.54) is 5.01 Å². The molecule has 0 spiro atoms. The van der Waals surface area contributed by atoms with Crippen molar-refractivity contribution in [3.8, 4) is 0 Å². The van der Waals surface area contributed by atoms with Crippen molar-refractivity contribution in [3.05, 3.63) is 41.7 Å². The first kappa shape index (κ1) is 39.8. The minimum atomic E-state index is -1.37. The van der Waals surface area contributed by atoms with Crippen LogP contribution in [0.5, 0.6) is 0 Å². The molecule has 0 unspecified atom stereocenters. The maximum atomic E-state index is 14.5. The maximum absolute atomic E-state index is 14.5. The number of likely N-dealkylation sites (N-methyl/N-ethyl adjacent to an activating group) is 1. The summed E-state index contributed by atoms with van der Waals surface area (Å²) in [4.78, 5) is 48.2. The number of ether oxygens (including phenoxy) is 5. The van der Waals surface area contributed by atoms with Gasteiger partial charge < -0.3 is 33.7 Å². The number of hydrazine groups is 1. The quantitative estimate of drug-likeness (QED) is 0.377. The molecule has 3 aliphatic rings. The molecule has 12 atom stereocenters. The Morgan fingerprint density at radius 3 is 2.44 bits per heavy atom. The molecule has 13 heteroatoms. The molecule has 3 aliphatic heterocycles. The summed E-state index contributed by atoms with van der Waals surface area (Å²) in [5, 5.41) is 12.7. The van der Waals surface area contributed by atoms with Crippen molar-refractivity contribution >= 4 is 17.8 Å². The van der Waals surface area contributed by atoms with Gasteiger partial charge in [0, 0.05) is 42.7 Å². The molecule has 50 heavy (non-hydrogen) atoms. The highest BCUT2D eigenvalue weighted by Gasteiger charge is 2.60. The third-order valence-corrected chi connectivity index (χ3v) is 10.8. The zero-order valence-corrected chi connectivity index (χ0v) is 31.5. The van der Waals surface area contributed by atoms with Crippen LogP contribution >= 0.6 is 0 Å². The van der Waals surface area contributed by atoms with Crippen molar-refractivity contribution in [1.29, 1.82) is 0 Å². The number of methoxy groups -OCH3 is 1. The number of nitrogens with zero attached hydrogens (tertiary/aromatic N) is 3. The van der Waals surface area contributed by atoms with Crippen LogP contribution in [0.3, 0.4) is 0 Å². The standard InChI is InChI=1S/C37H58N4O9/c1-12-28-37(8)31(41(35(45)50-37)39-20-26-15-13-14-16-38-26)25(6)29(42)23(4)19-36(7,46-11)32(21(2)17-22(3)33(44)48-28)49-34-30(43)27(40(9)10)18-24(5)47-34/h13-17,21,23-25,27-28,30-32,34,39,43H,12,18-20H2,1-11H3/b22-17+/t21-,23+,24+,25-,27-,28+,30+,31+,32+,34-,36-,37+/m0/s1. The molecule has 1 amide bonds. The number of hydrogen-bond acceptors (Lipinski definition) is 12. The largest absolute Gasteiger partial charge is 0.455 e. The van der Waals surface area contributed by atoms with E-state index in [0.717, 1.165) is 0 Å². The monoisotopic (exact) mass is 702 g/mol. The fraction of sp³-hybridized carbons (Fsp3) is 0.730. The van der Waals surface area contributed by atoms with E-state index in [-0.39, 0.29) is 30.9 Å². The third-order valence-electron chi connectivity index (χ3n) is 10.8. The summed E-state index contributed by atoms with van der Waals surface area (Å²) in [7, 11) is 5.38. The van der Waals surface area contributed by atoms with E-state index in [2.05, 4.69) is 10.4 Å². The fourth-order valence-corrected chi connectivity index (χ4v) is 8.10. The lowest BCUT2D eigenvalue weighted by Crippen LogP contribution is -2.60. The van der Waals surface area contributed by atoms with Crippen LogP contribution in [0.2, 0.25) is 0 Å².